The van der Waals surface area contributed by atoms with Crippen molar-refractivity contribution in [1.82, 2.24) is 19.6 Å². The predicted octanol–water partition coefficient (Wildman–Crippen LogP) is 3.51. The van der Waals surface area contributed by atoms with E-state index in [2.05, 4.69) is 10.3 Å². The number of nitrogens with zero attached hydrogens (tertiary/aromatic N) is 3. The summed E-state index contributed by atoms with van der Waals surface area (Å²) >= 11 is 1.74. The normalized spacial score (nSPS) is 14.6. The van der Waals surface area contributed by atoms with E-state index in [1.807, 2.05) is 70.2 Å². The number of imidazole rings is 1. The second-order valence-corrected chi connectivity index (χ2v) is 8.96. The molecule has 1 saturated heterocycles. The Hall–Kier alpha value is -2.80. The molecule has 0 saturated carbocycles. The van der Waals surface area contributed by atoms with Crippen LogP contribution in [0.25, 0.3) is 5.65 Å². The Morgan fingerprint density at radius 3 is 2.61 bits per heavy atom. The fourth-order valence-electron chi connectivity index (χ4n) is 3.87. The van der Waals surface area contributed by atoms with E-state index in [1.165, 1.54) is 0 Å². The molecule has 1 fully saturated rings. The lowest BCUT2D eigenvalue weighted by Crippen LogP contribution is -2.43. The van der Waals surface area contributed by atoms with Gasteiger partial charge in [-0.1, -0.05) is 36.4 Å². The molecule has 4 rings (SSSR count). The third kappa shape index (κ3) is 5.88. The highest BCUT2D eigenvalue weighted by molar-refractivity contribution is 7.98. The average Bonchev–Trinajstić information content (AvgIpc) is 3.24. The van der Waals surface area contributed by atoms with Gasteiger partial charge in [-0.25, -0.2) is 4.98 Å². The van der Waals surface area contributed by atoms with Crippen molar-refractivity contribution in [2.24, 2.45) is 5.92 Å². The van der Waals surface area contributed by atoms with Crippen LogP contribution in [0.1, 0.15) is 30.5 Å². The maximum absolute atomic E-state index is 12.5. The van der Waals surface area contributed by atoms with Gasteiger partial charge in [-0.05, 0) is 30.5 Å². The number of pyridine rings is 1. The molecule has 3 aromatic rings. The van der Waals surface area contributed by atoms with E-state index < -0.39 is 0 Å². The SMILES string of the molecule is O=C(NCc1ccccc1)C1CCN(C(=O)CCSCc2cn3ccccc3n2)CC1. The van der Waals surface area contributed by atoms with Crippen molar-refractivity contribution in [1.29, 1.82) is 0 Å². The van der Waals surface area contributed by atoms with Gasteiger partial charge in [0.25, 0.3) is 0 Å². The first kappa shape index (κ1) is 21.4. The Morgan fingerprint density at radius 1 is 1.06 bits per heavy atom. The average molecular weight is 437 g/mol. The standard InChI is InChI=1S/C24H28N4O2S/c29-23(11-15-31-18-21-17-28-12-5-4-8-22(28)26-21)27-13-9-20(10-14-27)24(30)25-16-19-6-2-1-3-7-19/h1-8,12,17,20H,9-11,13-16,18H2,(H,25,30). The summed E-state index contributed by atoms with van der Waals surface area (Å²) in [6.07, 6.45) is 6.04. The Bertz CT molecular complexity index is 980. The summed E-state index contributed by atoms with van der Waals surface area (Å²) in [6.45, 7) is 1.89. The number of benzene rings is 1. The molecule has 0 radical (unpaired) electrons. The van der Waals surface area contributed by atoms with Crippen molar-refractivity contribution >= 4 is 29.2 Å². The summed E-state index contributed by atoms with van der Waals surface area (Å²) in [4.78, 5) is 31.5. The number of hydrogen-bond donors (Lipinski definition) is 1. The lowest BCUT2D eigenvalue weighted by molar-refractivity contribution is -0.135. The second kappa shape index (κ2) is 10.5. The minimum atomic E-state index is -0.00261. The van der Waals surface area contributed by atoms with Crippen molar-refractivity contribution in [2.75, 3.05) is 18.8 Å². The summed E-state index contributed by atoms with van der Waals surface area (Å²) in [5.41, 5.74) is 3.08. The molecule has 0 aliphatic carbocycles. The molecule has 31 heavy (non-hydrogen) atoms. The number of likely N-dealkylation sites (tertiary alicyclic amines) is 1. The first-order chi connectivity index (χ1) is 15.2. The predicted molar refractivity (Wildman–Crippen MR) is 124 cm³/mol. The molecule has 3 heterocycles. The summed E-state index contributed by atoms with van der Waals surface area (Å²) in [5, 5.41) is 3.03. The van der Waals surface area contributed by atoms with Gasteiger partial charge in [0.15, 0.2) is 0 Å². The number of amides is 2. The largest absolute Gasteiger partial charge is 0.352 e. The zero-order valence-electron chi connectivity index (χ0n) is 17.6. The minimum Gasteiger partial charge on any atom is -0.352 e. The molecule has 2 aromatic heterocycles. The fourth-order valence-corrected chi connectivity index (χ4v) is 4.68. The van der Waals surface area contributed by atoms with Crippen LogP contribution < -0.4 is 5.32 Å². The summed E-state index contributed by atoms with van der Waals surface area (Å²) in [5.74, 6) is 1.87. The lowest BCUT2D eigenvalue weighted by atomic mass is 9.95. The third-order valence-electron chi connectivity index (χ3n) is 5.65. The number of piperidine rings is 1. The van der Waals surface area contributed by atoms with Crippen LogP contribution >= 0.6 is 11.8 Å². The van der Waals surface area contributed by atoms with Crippen LogP contribution in [0.15, 0.2) is 60.9 Å². The maximum atomic E-state index is 12.5. The maximum Gasteiger partial charge on any atom is 0.223 e. The van der Waals surface area contributed by atoms with E-state index in [1.54, 1.807) is 11.8 Å². The lowest BCUT2D eigenvalue weighted by Gasteiger charge is -2.31. The van der Waals surface area contributed by atoms with E-state index in [-0.39, 0.29) is 17.7 Å². The number of thioether (sulfide) groups is 1. The smallest absolute Gasteiger partial charge is 0.223 e. The zero-order chi connectivity index (χ0) is 21.5. The molecule has 1 aromatic carbocycles. The van der Waals surface area contributed by atoms with Crippen LogP contribution in [-0.2, 0) is 21.9 Å². The van der Waals surface area contributed by atoms with Gasteiger partial charge in [0, 0.05) is 55.9 Å². The molecule has 1 N–H and O–H groups in total. The van der Waals surface area contributed by atoms with Crippen LogP contribution in [0.4, 0.5) is 0 Å². The van der Waals surface area contributed by atoms with E-state index in [4.69, 9.17) is 0 Å². The highest BCUT2D eigenvalue weighted by Gasteiger charge is 2.26. The third-order valence-corrected chi connectivity index (χ3v) is 6.64. The number of carbonyl (C=O) groups excluding carboxylic acids is 2. The summed E-state index contributed by atoms with van der Waals surface area (Å²) in [7, 11) is 0. The first-order valence-corrected chi connectivity index (χ1v) is 11.9. The topological polar surface area (TPSA) is 66.7 Å². The molecular formula is C24H28N4O2S. The Labute approximate surface area is 187 Å². The van der Waals surface area contributed by atoms with E-state index in [9.17, 15) is 9.59 Å². The fraction of sp³-hybridized carbons (Fsp3) is 0.375. The van der Waals surface area contributed by atoms with Crippen LogP contribution in [-0.4, -0.2) is 44.9 Å². The van der Waals surface area contributed by atoms with Gasteiger partial charge >= 0.3 is 0 Å². The van der Waals surface area contributed by atoms with E-state index >= 15 is 0 Å². The van der Waals surface area contributed by atoms with Gasteiger partial charge in [0.1, 0.15) is 5.65 Å². The number of carbonyl (C=O) groups is 2. The molecule has 7 heteroatoms. The molecule has 0 spiro atoms. The molecule has 0 bridgehead atoms. The van der Waals surface area contributed by atoms with Crippen LogP contribution in [0.3, 0.4) is 0 Å². The molecule has 0 atom stereocenters. The van der Waals surface area contributed by atoms with Crippen molar-refractivity contribution in [3.8, 4) is 0 Å². The van der Waals surface area contributed by atoms with Crippen LogP contribution in [0.2, 0.25) is 0 Å². The number of nitrogens with one attached hydrogen (secondary N) is 1. The minimum absolute atomic E-state index is 0.00261. The van der Waals surface area contributed by atoms with Crippen molar-refractivity contribution < 1.29 is 9.59 Å². The Balaban J connectivity index is 1.13. The molecule has 162 valence electrons. The van der Waals surface area contributed by atoms with Crippen LogP contribution in [0, 0.1) is 5.92 Å². The number of fused-ring (bicyclic) bond motifs is 1. The highest BCUT2D eigenvalue weighted by Crippen LogP contribution is 2.20. The number of rotatable bonds is 8. The van der Waals surface area contributed by atoms with Crippen molar-refractivity contribution in [3.63, 3.8) is 0 Å². The second-order valence-electron chi connectivity index (χ2n) is 7.86. The van der Waals surface area contributed by atoms with Gasteiger partial charge in [-0.3, -0.25) is 9.59 Å². The van der Waals surface area contributed by atoms with Crippen molar-refractivity contribution in [3.05, 3.63) is 72.2 Å². The van der Waals surface area contributed by atoms with Crippen molar-refractivity contribution in [2.45, 2.75) is 31.6 Å². The van der Waals surface area contributed by atoms with E-state index in [0.717, 1.165) is 41.3 Å². The first-order valence-electron chi connectivity index (χ1n) is 10.8. The number of hydrogen-bond acceptors (Lipinski definition) is 4. The van der Waals surface area contributed by atoms with Gasteiger partial charge in [0.2, 0.25) is 11.8 Å². The Morgan fingerprint density at radius 2 is 1.84 bits per heavy atom. The molecule has 2 amide bonds. The van der Waals surface area contributed by atoms with Crippen LogP contribution in [0.5, 0.6) is 0 Å². The highest BCUT2D eigenvalue weighted by atomic mass is 32.2. The van der Waals surface area contributed by atoms with Gasteiger partial charge < -0.3 is 14.6 Å². The van der Waals surface area contributed by atoms with Gasteiger partial charge in [-0.15, -0.1) is 0 Å². The Kier molecular flexibility index (Phi) is 7.25. The molecule has 6 nitrogen and oxygen atoms in total. The van der Waals surface area contributed by atoms with Gasteiger partial charge in [-0.2, -0.15) is 11.8 Å². The van der Waals surface area contributed by atoms with Gasteiger partial charge in [0.05, 0.1) is 5.69 Å². The summed E-state index contributed by atoms with van der Waals surface area (Å²) in [6, 6.07) is 15.9. The summed E-state index contributed by atoms with van der Waals surface area (Å²) < 4.78 is 2.02. The quantitative estimate of drug-likeness (QED) is 0.549. The molecule has 1 aliphatic rings. The molecule has 1 aliphatic heterocycles. The number of aromatic nitrogens is 2. The monoisotopic (exact) mass is 436 g/mol. The zero-order valence-corrected chi connectivity index (χ0v) is 18.4. The molecular weight excluding hydrogens is 408 g/mol. The van der Waals surface area contributed by atoms with E-state index in [0.29, 0.717) is 26.1 Å². The molecule has 0 unspecified atom stereocenters.